The predicted molar refractivity (Wildman–Crippen MR) is 80.8 cm³/mol. The van der Waals surface area contributed by atoms with Crippen molar-refractivity contribution in [2.75, 3.05) is 19.8 Å². The SMILES string of the molecule is CCCNC1(c2nc(C(C)(C)C)cs2)CCCOC1. The summed E-state index contributed by atoms with van der Waals surface area (Å²) in [4.78, 5) is 4.91. The maximum Gasteiger partial charge on any atom is 0.115 e. The summed E-state index contributed by atoms with van der Waals surface area (Å²) in [5.74, 6) is 0. The Kier molecular flexibility index (Phi) is 4.64. The minimum absolute atomic E-state index is 0.0531. The topological polar surface area (TPSA) is 34.2 Å². The van der Waals surface area contributed by atoms with Gasteiger partial charge >= 0.3 is 0 Å². The number of hydrogen-bond donors (Lipinski definition) is 1. The number of nitrogens with zero attached hydrogens (tertiary/aromatic N) is 1. The van der Waals surface area contributed by atoms with E-state index >= 15 is 0 Å². The van der Waals surface area contributed by atoms with Gasteiger partial charge in [-0.3, -0.25) is 0 Å². The van der Waals surface area contributed by atoms with Crippen LogP contribution in [0.1, 0.15) is 57.7 Å². The lowest BCUT2D eigenvalue weighted by Crippen LogP contribution is -2.49. The molecule has 0 aromatic carbocycles. The van der Waals surface area contributed by atoms with Gasteiger partial charge in [0.2, 0.25) is 0 Å². The highest BCUT2D eigenvalue weighted by atomic mass is 32.1. The van der Waals surface area contributed by atoms with Crippen LogP contribution in [-0.2, 0) is 15.7 Å². The van der Waals surface area contributed by atoms with Gasteiger partial charge in [0.1, 0.15) is 5.01 Å². The van der Waals surface area contributed by atoms with Crippen molar-refractivity contribution >= 4 is 11.3 Å². The zero-order chi connectivity index (χ0) is 13.9. The van der Waals surface area contributed by atoms with E-state index in [9.17, 15) is 0 Å². The molecule has 19 heavy (non-hydrogen) atoms. The van der Waals surface area contributed by atoms with Crippen LogP contribution in [0.25, 0.3) is 0 Å². The van der Waals surface area contributed by atoms with E-state index in [0.717, 1.165) is 39.0 Å². The standard InChI is InChI=1S/C15H26N2OS/c1-5-8-16-15(7-6-9-18-11-15)13-17-12(10-19-13)14(2,3)4/h10,16H,5-9,11H2,1-4H3. The quantitative estimate of drug-likeness (QED) is 0.918. The zero-order valence-electron chi connectivity index (χ0n) is 12.6. The van der Waals surface area contributed by atoms with Crippen molar-refractivity contribution in [2.45, 2.75) is 57.9 Å². The van der Waals surface area contributed by atoms with Crippen molar-refractivity contribution in [1.29, 1.82) is 0 Å². The Labute approximate surface area is 120 Å². The number of rotatable bonds is 4. The molecule has 1 N–H and O–H groups in total. The van der Waals surface area contributed by atoms with Gasteiger partial charge in [0, 0.05) is 17.4 Å². The van der Waals surface area contributed by atoms with Gasteiger partial charge in [-0.25, -0.2) is 4.98 Å². The molecule has 0 amide bonds. The van der Waals surface area contributed by atoms with E-state index in [-0.39, 0.29) is 11.0 Å². The van der Waals surface area contributed by atoms with Crippen LogP contribution in [0.5, 0.6) is 0 Å². The van der Waals surface area contributed by atoms with Crippen LogP contribution in [0.2, 0.25) is 0 Å². The minimum atomic E-state index is -0.0531. The van der Waals surface area contributed by atoms with E-state index in [0.29, 0.717) is 0 Å². The van der Waals surface area contributed by atoms with E-state index in [1.54, 1.807) is 11.3 Å². The molecule has 1 fully saturated rings. The van der Waals surface area contributed by atoms with Gasteiger partial charge in [-0.1, -0.05) is 27.7 Å². The number of hydrogen-bond acceptors (Lipinski definition) is 4. The summed E-state index contributed by atoms with van der Waals surface area (Å²) < 4.78 is 5.74. The van der Waals surface area contributed by atoms with Crippen LogP contribution >= 0.6 is 11.3 Å². The molecule has 4 heteroatoms. The molecule has 0 saturated carbocycles. The number of thiazole rings is 1. The van der Waals surface area contributed by atoms with E-state index in [4.69, 9.17) is 9.72 Å². The Hall–Kier alpha value is -0.450. The molecule has 1 aromatic heterocycles. The first kappa shape index (κ1) is 14.9. The van der Waals surface area contributed by atoms with Gasteiger partial charge in [0.15, 0.2) is 0 Å². The number of aromatic nitrogens is 1. The molecule has 0 radical (unpaired) electrons. The molecule has 3 nitrogen and oxygen atoms in total. The van der Waals surface area contributed by atoms with Gasteiger partial charge in [-0.05, 0) is 25.8 Å². The van der Waals surface area contributed by atoms with Crippen LogP contribution in [0.4, 0.5) is 0 Å². The number of nitrogens with one attached hydrogen (secondary N) is 1. The summed E-state index contributed by atoms with van der Waals surface area (Å²) >= 11 is 1.78. The van der Waals surface area contributed by atoms with Crippen molar-refractivity contribution in [3.8, 4) is 0 Å². The van der Waals surface area contributed by atoms with Crippen LogP contribution in [0.15, 0.2) is 5.38 Å². The molecule has 1 aromatic rings. The molecular weight excluding hydrogens is 256 g/mol. The summed E-state index contributed by atoms with van der Waals surface area (Å²) in [6.45, 7) is 11.5. The number of ether oxygens (including phenoxy) is 1. The second-order valence-corrected chi connectivity index (χ2v) is 7.31. The van der Waals surface area contributed by atoms with Gasteiger partial charge in [0.25, 0.3) is 0 Å². The Morgan fingerprint density at radius 1 is 1.47 bits per heavy atom. The Bertz CT molecular complexity index is 403. The van der Waals surface area contributed by atoms with Gasteiger partial charge < -0.3 is 10.1 Å². The van der Waals surface area contributed by atoms with Crippen molar-refractivity contribution in [3.63, 3.8) is 0 Å². The predicted octanol–water partition coefficient (Wildman–Crippen LogP) is 3.45. The normalized spacial score (nSPS) is 24.6. The summed E-state index contributed by atoms with van der Waals surface area (Å²) in [5, 5.41) is 7.10. The fourth-order valence-corrected chi connectivity index (χ4v) is 3.62. The van der Waals surface area contributed by atoms with E-state index in [1.807, 2.05) is 0 Å². The lowest BCUT2D eigenvalue weighted by Gasteiger charge is -2.36. The molecule has 1 atom stereocenters. The zero-order valence-corrected chi connectivity index (χ0v) is 13.4. The van der Waals surface area contributed by atoms with Crippen molar-refractivity contribution in [3.05, 3.63) is 16.1 Å². The van der Waals surface area contributed by atoms with Crippen molar-refractivity contribution in [2.24, 2.45) is 0 Å². The Balaban J connectivity index is 2.25. The summed E-state index contributed by atoms with van der Waals surface area (Å²) in [6.07, 6.45) is 3.38. The average Bonchev–Trinajstić information content (AvgIpc) is 2.87. The van der Waals surface area contributed by atoms with Gasteiger partial charge in [0.05, 0.1) is 17.8 Å². The highest BCUT2D eigenvalue weighted by molar-refractivity contribution is 7.09. The molecule has 1 saturated heterocycles. The fraction of sp³-hybridized carbons (Fsp3) is 0.800. The molecule has 0 bridgehead atoms. The second-order valence-electron chi connectivity index (χ2n) is 6.45. The molecule has 108 valence electrons. The fourth-order valence-electron chi connectivity index (χ4n) is 2.38. The largest absolute Gasteiger partial charge is 0.379 e. The molecule has 0 spiro atoms. The third kappa shape index (κ3) is 3.36. The highest BCUT2D eigenvalue weighted by Crippen LogP contribution is 2.35. The van der Waals surface area contributed by atoms with Crippen LogP contribution < -0.4 is 5.32 Å². The lowest BCUT2D eigenvalue weighted by molar-refractivity contribution is 0.0180. The second kappa shape index (κ2) is 5.90. The summed E-state index contributed by atoms with van der Waals surface area (Å²) in [6, 6.07) is 0. The first-order valence-electron chi connectivity index (χ1n) is 7.27. The van der Waals surface area contributed by atoms with Gasteiger partial charge in [-0.2, -0.15) is 0 Å². The molecule has 1 aliphatic rings. The smallest absolute Gasteiger partial charge is 0.115 e. The maximum atomic E-state index is 5.74. The third-order valence-electron chi connectivity index (χ3n) is 3.64. The van der Waals surface area contributed by atoms with Crippen molar-refractivity contribution < 1.29 is 4.74 Å². The third-order valence-corrected chi connectivity index (χ3v) is 4.68. The first-order valence-corrected chi connectivity index (χ1v) is 8.15. The van der Waals surface area contributed by atoms with Crippen LogP contribution in [0.3, 0.4) is 0 Å². The Morgan fingerprint density at radius 2 is 2.26 bits per heavy atom. The van der Waals surface area contributed by atoms with E-state index in [2.05, 4.69) is 38.4 Å². The Morgan fingerprint density at radius 3 is 2.79 bits per heavy atom. The van der Waals surface area contributed by atoms with E-state index < -0.39 is 0 Å². The molecule has 0 aliphatic carbocycles. The van der Waals surface area contributed by atoms with Gasteiger partial charge in [-0.15, -0.1) is 11.3 Å². The molecule has 1 aliphatic heterocycles. The van der Waals surface area contributed by atoms with E-state index in [1.165, 1.54) is 10.7 Å². The molecule has 2 heterocycles. The lowest BCUT2D eigenvalue weighted by atomic mass is 9.91. The molecular formula is C15H26N2OS. The monoisotopic (exact) mass is 282 g/mol. The van der Waals surface area contributed by atoms with Crippen molar-refractivity contribution in [1.82, 2.24) is 10.3 Å². The minimum Gasteiger partial charge on any atom is -0.379 e. The summed E-state index contributed by atoms with van der Waals surface area (Å²) in [5.41, 5.74) is 1.26. The van der Waals surface area contributed by atoms with Crippen LogP contribution in [-0.4, -0.2) is 24.7 Å². The summed E-state index contributed by atoms with van der Waals surface area (Å²) in [7, 11) is 0. The first-order chi connectivity index (χ1) is 8.98. The maximum absolute atomic E-state index is 5.74. The highest BCUT2D eigenvalue weighted by Gasteiger charge is 2.37. The molecule has 1 unspecified atom stereocenters. The average molecular weight is 282 g/mol. The van der Waals surface area contributed by atoms with Crippen LogP contribution in [0, 0.1) is 0 Å². The molecule has 2 rings (SSSR count).